The largest absolute Gasteiger partial charge is 0.383 e. The normalized spacial score (nSPS) is 11.4. The molecule has 1 aromatic heterocycles. The first-order valence-electron chi connectivity index (χ1n) is 7.22. The number of guanidine groups is 1. The first-order chi connectivity index (χ1) is 10.6. The van der Waals surface area contributed by atoms with Gasteiger partial charge in [0.05, 0.1) is 23.9 Å². The van der Waals surface area contributed by atoms with E-state index in [0.29, 0.717) is 25.7 Å². The van der Waals surface area contributed by atoms with Crippen LogP contribution in [0.3, 0.4) is 0 Å². The summed E-state index contributed by atoms with van der Waals surface area (Å²) in [6.07, 6.45) is 0. The fourth-order valence-corrected chi connectivity index (χ4v) is 2.37. The summed E-state index contributed by atoms with van der Waals surface area (Å²) in [7, 11) is 3.53. The van der Waals surface area contributed by atoms with Crippen LogP contribution >= 0.6 is 11.3 Å². The summed E-state index contributed by atoms with van der Waals surface area (Å²) in [5.41, 5.74) is 1.00. The second-order valence-electron chi connectivity index (χ2n) is 4.73. The van der Waals surface area contributed by atoms with E-state index in [2.05, 4.69) is 20.6 Å². The summed E-state index contributed by atoms with van der Waals surface area (Å²) >= 11 is 1.63. The van der Waals surface area contributed by atoms with E-state index in [9.17, 15) is 4.79 Å². The summed E-state index contributed by atoms with van der Waals surface area (Å²) in [4.78, 5) is 22.4. The molecule has 124 valence electrons. The molecule has 0 bridgehead atoms. The minimum absolute atomic E-state index is 0.0898. The number of thiazole rings is 1. The van der Waals surface area contributed by atoms with Crippen molar-refractivity contribution in [3.8, 4) is 0 Å². The molecular formula is C14H25N5O2S. The number of carbonyl (C=O) groups excluding carboxylic acids is 1. The predicted molar refractivity (Wildman–Crippen MR) is 89.2 cm³/mol. The van der Waals surface area contributed by atoms with E-state index in [0.717, 1.165) is 17.2 Å². The Morgan fingerprint density at radius 2 is 2.27 bits per heavy atom. The highest BCUT2D eigenvalue weighted by Gasteiger charge is 2.09. The number of aryl methyl sites for hydroxylation is 1. The maximum absolute atomic E-state index is 11.7. The molecule has 0 saturated heterocycles. The van der Waals surface area contributed by atoms with Crippen molar-refractivity contribution >= 4 is 23.2 Å². The molecule has 0 aromatic carbocycles. The maximum Gasteiger partial charge on any atom is 0.241 e. The van der Waals surface area contributed by atoms with Crippen LogP contribution in [0.5, 0.6) is 0 Å². The number of amides is 1. The quantitative estimate of drug-likeness (QED) is 0.415. The van der Waals surface area contributed by atoms with E-state index in [-0.39, 0.29) is 12.5 Å². The minimum Gasteiger partial charge on any atom is -0.383 e. The molecule has 1 heterocycles. The molecule has 0 atom stereocenters. The number of rotatable bonds is 8. The van der Waals surface area contributed by atoms with Crippen LogP contribution in [0.2, 0.25) is 0 Å². The Hall–Kier alpha value is -1.67. The lowest BCUT2D eigenvalue weighted by Gasteiger charge is -2.21. The highest BCUT2D eigenvalue weighted by molar-refractivity contribution is 7.09. The van der Waals surface area contributed by atoms with Gasteiger partial charge < -0.3 is 20.3 Å². The molecular weight excluding hydrogens is 302 g/mol. The lowest BCUT2D eigenvalue weighted by Crippen LogP contribution is -2.39. The van der Waals surface area contributed by atoms with Crippen molar-refractivity contribution in [2.45, 2.75) is 20.4 Å². The number of carbonyl (C=O) groups is 1. The number of nitrogens with zero attached hydrogens (tertiary/aromatic N) is 3. The SMILES string of the molecule is CCNC(=NCC(=O)NCCOC)N(C)Cc1csc(C)n1. The molecule has 0 saturated carbocycles. The highest BCUT2D eigenvalue weighted by Crippen LogP contribution is 2.09. The fraction of sp³-hybridized carbons (Fsp3) is 0.643. The van der Waals surface area contributed by atoms with Gasteiger partial charge in [-0.05, 0) is 13.8 Å². The molecule has 0 aliphatic rings. The van der Waals surface area contributed by atoms with Gasteiger partial charge in [0.15, 0.2) is 5.96 Å². The summed E-state index contributed by atoms with van der Waals surface area (Å²) in [6.45, 7) is 6.46. The van der Waals surface area contributed by atoms with Gasteiger partial charge in [0, 0.05) is 32.6 Å². The van der Waals surface area contributed by atoms with E-state index in [1.165, 1.54) is 0 Å². The van der Waals surface area contributed by atoms with Crippen LogP contribution in [-0.2, 0) is 16.1 Å². The second kappa shape index (κ2) is 10.1. The van der Waals surface area contributed by atoms with Crippen molar-refractivity contribution in [3.05, 3.63) is 16.1 Å². The van der Waals surface area contributed by atoms with Crippen molar-refractivity contribution in [3.63, 3.8) is 0 Å². The Balaban J connectivity index is 2.54. The van der Waals surface area contributed by atoms with E-state index >= 15 is 0 Å². The van der Waals surface area contributed by atoms with Crippen LogP contribution in [0, 0.1) is 6.92 Å². The molecule has 0 fully saturated rings. The number of aliphatic imine (C=N–C) groups is 1. The van der Waals surface area contributed by atoms with E-state index < -0.39 is 0 Å². The average Bonchev–Trinajstić information content (AvgIpc) is 2.88. The molecule has 0 unspecified atom stereocenters. The minimum atomic E-state index is -0.120. The highest BCUT2D eigenvalue weighted by atomic mass is 32.1. The van der Waals surface area contributed by atoms with Gasteiger partial charge in [-0.1, -0.05) is 0 Å². The molecule has 8 heteroatoms. The number of ether oxygens (including phenoxy) is 1. The van der Waals surface area contributed by atoms with Crippen molar-refractivity contribution in [2.75, 3.05) is 40.4 Å². The summed E-state index contributed by atoms with van der Waals surface area (Å²) < 4.78 is 4.89. The first kappa shape index (κ1) is 18.4. The van der Waals surface area contributed by atoms with E-state index in [1.54, 1.807) is 18.4 Å². The van der Waals surface area contributed by atoms with Crippen molar-refractivity contribution in [2.24, 2.45) is 4.99 Å². The number of nitrogens with one attached hydrogen (secondary N) is 2. The van der Waals surface area contributed by atoms with Gasteiger partial charge >= 0.3 is 0 Å². The van der Waals surface area contributed by atoms with Crippen LogP contribution in [0.25, 0.3) is 0 Å². The van der Waals surface area contributed by atoms with Gasteiger partial charge in [0.1, 0.15) is 6.54 Å². The van der Waals surface area contributed by atoms with E-state index in [4.69, 9.17) is 4.74 Å². The van der Waals surface area contributed by atoms with Gasteiger partial charge in [-0.3, -0.25) is 4.79 Å². The first-order valence-corrected chi connectivity index (χ1v) is 8.10. The smallest absolute Gasteiger partial charge is 0.241 e. The predicted octanol–water partition coefficient (Wildman–Crippen LogP) is 0.611. The van der Waals surface area contributed by atoms with Crippen LogP contribution < -0.4 is 10.6 Å². The van der Waals surface area contributed by atoms with Gasteiger partial charge in [0.2, 0.25) is 5.91 Å². The zero-order valence-corrected chi connectivity index (χ0v) is 14.5. The average molecular weight is 327 g/mol. The zero-order valence-electron chi connectivity index (χ0n) is 13.7. The standard InChI is InChI=1S/C14H25N5O2S/c1-5-15-14(17-8-13(20)16-6-7-21-4)19(3)9-12-10-22-11(2)18-12/h10H,5-9H2,1-4H3,(H,15,17)(H,16,20). The number of hydrogen-bond acceptors (Lipinski definition) is 5. The van der Waals surface area contributed by atoms with Crippen LogP contribution in [0.15, 0.2) is 10.4 Å². The molecule has 0 aliphatic heterocycles. The van der Waals surface area contributed by atoms with Gasteiger partial charge in [-0.2, -0.15) is 0 Å². The van der Waals surface area contributed by atoms with Crippen molar-refractivity contribution < 1.29 is 9.53 Å². The number of hydrogen-bond donors (Lipinski definition) is 2. The third-order valence-corrected chi connectivity index (χ3v) is 3.59. The van der Waals surface area contributed by atoms with Crippen molar-refractivity contribution in [1.29, 1.82) is 0 Å². The van der Waals surface area contributed by atoms with Crippen LogP contribution in [0.4, 0.5) is 0 Å². The molecule has 7 nitrogen and oxygen atoms in total. The second-order valence-corrected chi connectivity index (χ2v) is 5.79. The topological polar surface area (TPSA) is 78.8 Å². The molecule has 0 aliphatic carbocycles. The third kappa shape index (κ3) is 6.86. The molecule has 1 amide bonds. The summed E-state index contributed by atoms with van der Waals surface area (Å²) in [6, 6.07) is 0. The molecule has 1 rings (SSSR count). The molecule has 0 spiro atoms. The summed E-state index contributed by atoms with van der Waals surface area (Å²) in [5.74, 6) is 0.570. The molecule has 2 N–H and O–H groups in total. The lowest BCUT2D eigenvalue weighted by molar-refractivity contribution is -0.119. The number of methoxy groups -OCH3 is 1. The van der Waals surface area contributed by atoms with Crippen molar-refractivity contribution in [1.82, 2.24) is 20.5 Å². The van der Waals surface area contributed by atoms with Crippen LogP contribution in [0.1, 0.15) is 17.6 Å². The Bertz CT molecular complexity index is 489. The maximum atomic E-state index is 11.7. The Morgan fingerprint density at radius 1 is 1.50 bits per heavy atom. The Kier molecular flexibility index (Phi) is 8.46. The lowest BCUT2D eigenvalue weighted by atomic mass is 10.4. The van der Waals surface area contributed by atoms with Crippen LogP contribution in [-0.4, -0.2) is 62.1 Å². The zero-order chi connectivity index (χ0) is 16.4. The van der Waals surface area contributed by atoms with E-state index in [1.807, 2.05) is 31.2 Å². The summed E-state index contributed by atoms with van der Waals surface area (Å²) in [5, 5.41) is 9.00. The molecule has 1 aromatic rings. The fourth-order valence-electron chi connectivity index (χ4n) is 1.76. The molecule has 0 radical (unpaired) electrons. The molecule has 22 heavy (non-hydrogen) atoms. The van der Waals surface area contributed by atoms with Gasteiger partial charge in [-0.15, -0.1) is 11.3 Å². The Morgan fingerprint density at radius 3 is 2.86 bits per heavy atom. The van der Waals surface area contributed by atoms with Gasteiger partial charge in [-0.25, -0.2) is 9.98 Å². The monoisotopic (exact) mass is 327 g/mol. The Labute approximate surface area is 135 Å². The number of aromatic nitrogens is 1. The van der Waals surface area contributed by atoms with Gasteiger partial charge in [0.25, 0.3) is 0 Å². The third-order valence-electron chi connectivity index (χ3n) is 2.76.